The van der Waals surface area contributed by atoms with Gasteiger partial charge in [0.05, 0.1) is 19.8 Å². The van der Waals surface area contributed by atoms with Crippen molar-refractivity contribution in [3.05, 3.63) is 29.8 Å². The largest absolute Gasteiger partial charge is 0.394 e. The molecule has 0 bridgehead atoms. The van der Waals surface area contributed by atoms with Crippen LogP contribution in [0.15, 0.2) is 28.6 Å². The third kappa shape index (κ3) is 5.09. The molecule has 5 nitrogen and oxygen atoms in total. The van der Waals surface area contributed by atoms with Gasteiger partial charge in [-0.2, -0.15) is 0 Å². The van der Waals surface area contributed by atoms with Gasteiger partial charge in [0.15, 0.2) is 4.34 Å². The molecule has 1 heterocycles. The van der Waals surface area contributed by atoms with Crippen LogP contribution in [-0.2, 0) is 4.74 Å². The molecule has 2 aromatic rings. The molecule has 0 atom stereocenters. The monoisotopic (exact) mass is 311 g/mol. The Balaban J connectivity index is 1.80. The van der Waals surface area contributed by atoms with E-state index < -0.39 is 0 Å². The molecule has 7 heteroatoms. The SMILES string of the molecule is Cc1cccc(Nc2nnc(SCCOCCO)s2)c1. The molecule has 0 aliphatic heterocycles. The van der Waals surface area contributed by atoms with E-state index >= 15 is 0 Å². The van der Waals surface area contributed by atoms with Gasteiger partial charge in [-0.1, -0.05) is 35.2 Å². The third-order valence-corrected chi connectivity index (χ3v) is 4.30. The number of aliphatic hydroxyl groups is 1. The Kier molecular flexibility index (Phi) is 6.25. The quantitative estimate of drug-likeness (QED) is 0.577. The Hall–Kier alpha value is -1.15. The lowest BCUT2D eigenvalue weighted by molar-refractivity contribution is 0.103. The van der Waals surface area contributed by atoms with E-state index in [-0.39, 0.29) is 6.61 Å². The van der Waals surface area contributed by atoms with Crippen LogP contribution in [-0.4, -0.2) is 40.9 Å². The molecule has 20 heavy (non-hydrogen) atoms. The Bertz CT molecular complexity index is 534. The van der Waals surface area contributed by atoms with Crippen LogP contribution in [0.3, 0.4) is 0 Å². The topological polar surface area (TPSA) is 67.3 Å². The molecule has 0 fully saturated rings. The molecule has 108 valence electrons. The van der Waals surface area contributed by atoms with Crippen molar-refractivity contribution in [2.45, 2.75) is 11.3 Å². The number of aliphatic hydroxyl groups excluding tert-OH is 1. The minimum absolute atomic E-state index is 0.0635. The number of rotatable bonds is 8. The molecule has 0 amide bonds. The summed E-state index contributed by atoms with van der Waals surface area (Å²) in [7, 11) is 0. The summed E-state index contributed by atoms with van der Waals surface area (Å²) in [6.07, 6.45) is 0. The van der Waals surface area contributed by atoms with Crippen LogP contribution in [0.25, 0.3) is 0 Å². The van der Waals surface area contributed by atoms with E-state index in [1.54, 1.807) is 11.8 Å². The Morgan fingerprint density at radius 1 is 1.35 bits per heavy atom. The highest BCUT2D eigenvalue weighted by molar-refractivity contribution is 8.01. The molecule has 0 unspecified atom stereocenters. The Labute approximate surface area is 126 Å². The van der Waals surface area contributed by atoms with E-state index in [1.165, 1.54) is 16.9 Å². The number of ether oxygens (including phenoxy) is 1. The van der Waals surface area contributed by atoms with Gasteiger partial charge < -0.3 is 15.2 Å². The van der Waals surface area contributed by atoms with Crippen molar-refractivity contribution in [3.63, 3.8) is 0 Å². The lowest BCUT2D eigenvalue weighted by Crippen LogP contribution is -2.02. The fourth-order valence-electron chi connectivity index (χ4n) is 1.52. The van der Waals surface area contributed by atoms with Gasteiger partial charge in [-0.05, 0) is 24.6 Å². The number of aryl methyl sites for hydroxylation is 1. The summed E-state index contributed by atoms with van der Waals surface area (Å²) in [5.74, 6) is 0.805. The number of hydrogen-bond acceptors (Lipinski definition) is 7. The highest BCUT2D eigenvalue weighted by Gasteiger charge is 2.05. The summed E-state index contributed by atoms with van der Waals surface area (Å²) in [6.45, 7) is 3.11. The van der Waals surface area contributed by atoms with Crippen molar-refractivity contribution in [1.82, 2.24) is 10.2 Å². The lowest BCUT2D eigenvalue weighted by atomic mass is 10.2. The van der Waals surface area contributed by atoms with E-state index in [1.807, 2.05) is 12.1 Å². The molecule has 1 aromatic carbocycles. The molecule has 2 rings (SSSR count). The van der Waals surface area contributed by atoms with Crippen molar-refractivity contribution in [1.29, 1.82) is 0 Å². The molecule has 0 radical (unpaired) electrons. The zero-order chi connectivity index (χ0) is 14.2. The lowest BCUT2D eigenvalue weighted by Gasteiger charge is -2.02. The summed E-state index contributed by atoms with van der Waals surface area (Å²) in [6, 6.07) is 8.13. The number of thioether (sulfide) groups is 1. The van der Waals surface area contributed by atoms with Gasteiger partial charge in [0.25, 0.3) is 0 Å². The molecule has 0 spiro atoms. The average Bonchev–Trinajstić information content (AvgIpc) is 2.86. The van der Waals surface area contributed by atoms with Crippen LogP contribution in [0.2, 0.25) is 0 Å². The summed E-state index contributed by atoms with van der Waals surface area (Å²) in [4.78, 5) is 0. The highest BCUT2D eigenvalue weighted by atomic mass is 32.2. The fraction of sp³-hybridized carbons (Fsp3) is 0.385. The van der Waals surface area contributed by atoms with E-state index in [0.29, 0.717) is 13.2 Å². The molecular weight excluding hydrogens is 294 g/mol. The van der Waals surface area contributed by atoms with E-state index in [2.05, 4.69) is 34.6 Å². The van der Waals surface area contributed by atoms with Crippen LogP contribution in [0.4, 0.5) is 10.8 Å². The highest BCUT2D eigenvalue weighted by Crippen LogP contribution is 2.27. The molecule has 1 aromatic heterocycles. The number of hydrogen-bond donors (Lipinski definition) is 2. The van der Waals surface area contributed by atoms with E-state index in [0.717, 1.165) is 20.9 Å². The van der Waals surface area contributed by atoms with Gasteiger partial charge in [0, 0.05) is 11.4 Å². The number of anilines is 2. The predicted molar refractivity (Wildman–Crippen MR) is 83.0 cm³/mol. The first-order valence-electron chi connectivity index (χ1n) is 6.26. The van der Waals surface area contributed by atoms with Gasteiger partial charge >= 0.3 is 0 Å². The fourth-order valence-corrected chi connectivity index (χ4v) is 3.21. The van der Waals surface area contributed by atoms with Crippen LogP contribution in [0.1, 0.15) is 5.56 Å². The maximum Gasteiger partial charge on any atom is 0.210 e. The average molecular weight is 311 g/mol. The van der Waals surface area contributed by atoms with Crippen molar-refractivity contribution in [2.24, 2.45) is 0 Å². The van der Waals surface area contributed by atoms with Crippen LogP contribution in [0.5, 0.6) is 0 Å². The van der Waals surface area contributed by atoms with Crippen molar-refractivity contribution in [2.75, 3.05) is 30.9 Å². The molecular formula is C13H17N3O2S2. The van der Waals surface area contributed by atoms with Gasteiger partial charge in [0.2, 0.25) is 5.13 Å². The van der Waals surface area contributed by atoms with Crippen LogP contribution < -0.4 is 5.32 Å². The third-order valence-electron chi connectivity index (χ3n) is 2.36. The minimum atomic E-state index is 0.0635. The summed E-state index contributed by atoms with van der Waals surface area (Å²) < 4.78 is 6.10. The first kappa shape index (κ1) is 15.2. The van der Waals surface area contributed by atoms with Gasteiger partial charge in [-0.25, -0.2) is 0 Å². The maximum absolute atomic E-state index is 8.59. The van der Waals surface area contributed by atoms with Crippen LogP contribution >= 0.6 is 23.1 Å². The number of aromatic nitrogens is 2. The molecule has 0 aliphatic carbocycles. The first-order chi connectivity index (χ1) is 9.78. The summed E-state index contributed by atoms with van der Waals surface area (Å²) >= 11 is 3.13. The smallest absolute Gasteiger partial charge is 0.210 e. The Morgan fingerprint density at radius 3 is 3.05 bits per heavy atom. The zero-order valence-corrected chi connectivity index (χ0v) is 12.8. The molecule has 2 N–H and O–H groups in total. The number of benzene rings is 1. The second kappa shape index (κ2) is 8.21. The number of nitrogens with one attached hydrogen (secondary N) is 1. The molecule has 0 saturated carbocycles. The standard InChI is InChI=1S/C13H17N3O2S2/c1-10-3-2-4-11(9-10)14-12-15-16-13(20-12)19-8-7-18-6-5-17/h2-4,9,17H,5-8H2,1H3,(H,14,15). The molecule has 0 saturated heterocycles. The van der Waals surface area contributed by atoms with Crippen molar-refractivity contribution < 1.29 is 9.84 Å². The minimum Gasteiger partial charge on any atom is -0.394 e. The van der Waals surface area contributed by atoms with Crippen molar-refractivity contribution >= 4 is 33.9 Å². The maximum atomic E-state index is 8.59. The summed E-state index contributed by atoms with van der Waals surface area (Å²) in [5, 5.41) is 20.8. The Morgan fingerprint density at radius 2 is 2.25 bits per heavy atom. The van der Waals surface area contributed by atoms with Gasteiger partial charge in [0.1, 0.15) is 0 Å². The van der Waals surface area contributed by atoms with Gasteiger partial charge in [-0.3, -0.25) is 0 Å². The van der Waals surface area contributed by atoms with E-state index in [9.17, 15) is 0 Å². The van der Waals surface area contributed by atoms with Crippen LogP contribution in [0, 0.1) is 6.92 Å². The first-order valence-corrected chi connectivity index (χ1v) is 8.07. The second-order valence-corrected chi connectivity index (χ2v) is 6.37. The van der Waals surface area contributed by atoms with Crippen molar-refractivity contribution in [3.8, 4) is 0 Å². The molecule has 0 aliphatic rings. The zero-order valence-electron chi connectivity index (χ0n) is 11.2. The normalized spacial score (nSPS) is 10.7. The van der Waals surface area contributed by atoms with Gasteiger partial charge in [-0.15, -0.1) is 10.2 Å². The number of nitrogens with zero attached hydrogens (tertiary/aromatic N) is 2. The van der Waals surface area contributed by atoms with E-state index in [4.69, 9.17) is 9.84 Å². The second-order valence-electron chi connectivity index (χ2n) is 4.05. The predicted octanol–water partition coefficient (Wildman–Crippen LogP) is 2.69. The summed E-state index contributed by atoms with van der Waals surface area (Å²) in [5.41, 5.74) is 2.22.